The van der Waals surface area contributed by atoms with Gasteiger partial charge in [0.15, 0.2) is 0 Å². The molecule has 0 aromatic heterocycles. The molecule has 1 saturated heterocycles. The van der Waals surface area contributed by atoms with Crippen molar-refractivity contribution in [2.75, 3.05) is 49.6 Å². The van der Waals surface area contributed by atoms with Gasteiger partial charge in [-0.15, -0.1) is 0 Å². The van der Waals surface area contributed by atoms with E-state index in [2.05, 4.69) is 29.8 Å². The third-order valence-corrected chi connectivity index (χ3v) is 4.09. The summed E-state index contributed by atoms with van der Waals surface area (Å²) in [5.74, 6) is 0.490. The van der Waals surface area contributed by atoms with Crippen LogP contribution in [-0.2, 0) is 9.53 Å². The van der Waals surface area contributed by atoms with Gasteiger partial charge in [0.25, 0.3) is 0 Å². The zero-order valence-corrected chi connectivity index (χ0v) is 16.1. The molecule has 3 amide bonds. The zero-order valence-electron chi connectivity index (χ0n) is 15.3. The second kappa shape index (κ2) is 10.2. The molecule has 8 heteroatoms. The van der Waals surface area contributed by atoms with Crippen LogP contribution < -0.4 is 20.9 Å². The lowest BCUT2D eigenvalue weighted by Gasteiger charge is -2.29. The van der Waals surface area contributed by atoms with Gasteiger partial charge in [0, 0.05) is 38.5 Å². The molecule has 0 radical (unpaired) electrons. The van der Waals surface area contributed by atoms with Crippen LogP contribution in [0, 0.1) is 5.92 Å². The summed E-state index contributed by atoms with van der Waals surface area (Å²) in [7, 11) is 0. The van der Waals surface area contributed by atoms with Crippen LogP contribution >= 0.6 is 11.6 Å². The van der Waals surface area contributed by atoms with E-state index in [4.69, 9.17) is 16.3 Å². The van der Waals surface area contributed by atoms with Crippen molar-refractivity contribution in [3.63, 3.8) is 0 Å². The summed E-state index contributed by atoms with van der Waals surface area (Å²) in [6.07, 6.45) is 0.761. The number of nitrogens with one attached hydrogen (secondary N) is 3. The molecule has 1 aromatic rings. The van der Waals surface area contributed by atoms with Crippen LogP contribution in [-0.4, -0.2) is 51.3 Å². The molecular weight excluding hydrogens is 356 g/mol. The molecule has 0 saturated carbocycles. The number of carbonyl (C=O) groups excluding carboxylic acids is 2. The quantitative estimate of drug-likeness (QED) is 0.603. The molecular formula is C18H27ClN4O3. The first-order chi connectivity index (χ1) is 12.5. The molecule has 0 unspecified atom stereocenters. The highest BCUT2D eigenvalue weighted by atomic mass is 35.5. The number of hydrogen-bond donors (Lipinski definition) is 3. The standard InChI is InChI=1S/C18H27ClN4O3/c1-13(2)12-26-9-3-6-21-18(25)22-14-4-5-16(15(19)10-14)23-8-7-20-17(24)11-23/h4-5,10,13H,3,6-9,11-12H2,1-2H3,(H,20,24)(H2,21,22,25). The summed E-state index contributed by atoms with van der Waals surface area (Å²) >= 11 is 6.32. The number of amides is 3. The fourth-order valence-corrected chi connectivity index (χ4v) is 2.86. The van der Waals surface area contributed by atoms with Crippen LogP contribution in [0.3, 0.4) is 0 Å². The summed E-state index contributed by atoms with van der Waals surface area (Å²) in [5.41, 5.74) is 1.39. The predicted octanol–water partition coefficient (Wildman–Crippen LogP) is 2.46. The summed E-state index contributed by atoms with van der Waals surface area (Å²) in [4.78, 5) is 25.3. The van der Waals surface area contributed by atoms with Crippen molar-refractivity contribution in [2.24, 2.45) is 5.92 Å². The van der Waals surface area contributed by atoms with Crippen LogP contribution in [0.15, 0.2) is 18.2 Å². The topological polar surface area (TPSA) is 82.7 Å². The van der Waals surface area contributed by atoms with E-state index in [-0.39, 0.29) is 18.5 Å². The molecule has 1 aliphatic rings. The highest BCUT2D eigenvalue weighted by Gasteiger charge is 2.18. The number of anilines is 2. The summed E-state index contributed by atoms with van der Waals surface area (Å²) < 4.78 is 5.47. The van der Waals surface area contributed by atoms with Gasteiger partial charge >= 0.3 is 6.03 Å². The number of urea groups is 1. The largest absolute Gasteiger partial charge is 0.381 e. The van der Waals surface area contributed by atoms with E-state index in [0.29, 0.717) is 42.9 Å². The minimum absolute atomic E-state index is 0.0220. The van der Waals surface area contributed by atoms with E-state index >= 15 is 0 Å². The Labute approximate surface area is 159 Å². The van der Waals surface area contributed by atoms with Gasteiger partial charge in [-0.05, 0) is 30.5 Å². The Bertz CT molecular complexity index is 624. The van der Waals surface area contributed by atoms with Crippen molar-refractivity contribution in [3.8, 4) is 0 Å². The molecule has 1 heterocycles. The molecule has 144 valence electrons. The Morgan fingerprint density at radius 1 is 1.42 bits per heavy atom. The van der Waals surface area contributed by atoms with Gasteiger partial charge in [0.05, 0.1) is 17.3 Å². The van der Waals surface area contributed by atoms with E-state index in [1.165, 1.54) is 0 Å². The first kappa shape index (κ1) is 20.3. The third kappa shape index (κ3) is 6.72. The molecule has 7 nitrogen and oxygen atoms in total. The predicted molar refractivity (Wildman–Crippen MR) is 104 cm³/mol. The molecule has 1 fully saturated rings. The van der Waals surface area contributed by atoms with E-state index in [9.17, 15) is 9.59 Å². The van der Waals surface area contributed by atoms with Gasteiger partial charge in [-0.25, -0.2) is 4.79 Å². The van der Waals surface area contributed by atoms with Crippen LogP contribution in [0.25, 0.3) is 0 Å². The van der Waals surface area contributed by atoms with Gasteiger partial charge in [0.2, 0.25) is 5.91 Å². The highest BCUT2D eigenvalue weighted by Crippen LogP contribution is 2.29. The minimum atomic E-state index is -0.282. The first-order valence-electron chi connectivity index (χ1n) is 8.89. The lowest BCUT2D eigenvalue weighted by atomic mass is 10.2. The van der Waals surface area contributed by atoms with Gasteiger partial charge in [0.1, 0.15) is 0 Å². The average molecular weight is 383 g/mol. The molecule has 0 aliphatic carbocycles. The molecule has 2 rings (SSSR count). The lowest BCUT2D eigenvalue weighted by molar-refractivity contribution is -0.120. The Hall–Kier alpha value is -1.99. The Morgan fingerprint density at radius 2 is 2.23 bits per heavy atom. The first-order valence-corrected chi connectivity index (χ1v) is 9.27. The lowest BCUT2D eigenvalue weighted by Crippen LogP contribution is -2.47. The van der Waals surface area contributed by atoms with Crippen molar-refractivity contribution < 1.29 is 14.3 Å². The van der Waals surface area contributed by atoms with E-state index < -0.39 is 0 Å². The van der Waals surface area contributed by atoms with Crippen molar-refractivity contribution in [1.29, 1.82) is 0 Å². The summed E-state index contributed by atoms with van der Waals surface area (Å²) in [5, 5.41) is 8.82. The smallest absolute Gasteiger partial charge is 0.319 e. The highest BCUT2D eigenvalue weighted by molar-refractivity contribution is 6.33. The fourth-order valence-electron chi connectivity index (χ4n) is 2.56. The molecule has 26 heavy (non-hydrogen) atoms. The number of halogens is 1. The number of rotatable bonds is 8. The molecule has 1 aromatic carbocycles. The monoisotopic (exact) mass is 382 g/mol. The second-order valence-electron chi connectivity index (χ2n) is 6.64. The van der Waals surface area contributed by atoms with Crippen LogP contribution in [0.2, 0.25) is 5.02 Å². The van der Waals surface area contributed by atoms with Crippen LogP contribution in [0.5, 0.6) is 0 Å². The molecule has 3 N–H and O–H groups in total. The van der Waals surface area contributed by atoms with Crippen molar-refractivity contribution in [2.45, 2.75) is 20.3 Å². The molecule has 0 atom stereocenters. The van der Waals surface area contributed by atoms with Gasteiger partial charge in [-0.3, -0.25) is 4.79 Å². The third-order valence-electron chi connectivity index (χ3n) is 3.79. The van der Waals surface area contributed by atoms with Crippen molar-refractivity contribution in [3.05, 3.63) is 23.2 Å². The Morgan fingerprint density at radius 3 is 2.92 bits per heavy atom. The molecule has 0 bridgehead atoms. The van der Waals surface area contributed by atoms with Crippen molar-refractivity contribution >= 4 is 34.9 Å². The maximum atomic E-state index is 11.9. The Kier molecular flexibility index (Phi) is 8.00. The summed E-state index contributed by atoms with van der Waals surface area (Å²) in [6, 6.07) is 5.00. The number of nitrogens with zero attached hydrogens (tertiary/aromatic N) is 1. The number of piperazine rings is 1. The number of ether oxygens (including phenoxy) is 1. The number of hydrogen-bond acceptors (Lipinski definition) is 4. The van der Waals surface area contributed by atoms with Gasteiger partial charge in [-0.1, -0.05) is 25.4 Å². The Balaban J connectivity index is 1.76. The SMILES string of the molecule is CC(C)COCCCNC(=O)Nc1ccc(N2CCNC(=O)C2)c(Cl)c1. The summed E-state index contributed by atoms with van der Waals surface area (Å²) in [6.45, 7) is 7.68. The second-order valence-corrected chi connectivity index (χ2v) is 7.05. The van der Waals surface area contributed by atoms with E-state index in [1.54, 1.807) is 12.1 Å². The zero-order chi connectivity index (χ0) is 18.9. The van der Waals surface area contributed by atoms with E-state index in [1.807, 2.05) is 11.0 Å². The number of carbonyl (C=O) groups is 2. The molecule has 1 aliphatic heterocycles. The maximum absolute atomic E-state index is 11.9. The fraction of sp³-hybridized carbons (Fsp3) is 0.556. The van der Waals surface area contributed by atoms with E-state index in [0.717, 1.165) is 18.7 Å². The molecule has 0 spiro atoms. The average Bonchev–Trinajstić information content (AvgIpc) is 2.58. The van der Waals surface area contributed by atoms with Crippen molar-refractivity contribution in [1.82, 2.24) is 10.6 Å². The van der Waals surface area contributed by atoms with Crippen LogP contribution in [0.4, 0.5) is 16.2 Å². The number of benzene rings is 1. The normalized spacial score (nSPS) is 14.3. The van der Waals surface area contributed by atoms with Gasteiger partial charge < -0.3 is 25.6 Å². The maximum Gasteiger partial charge on any atom is 0.319 e. The van der Waals surface area contributed by atoms with Crippen LogP contribution in [0.1, 0.15) is 20.3 Å². The minimum Gasteiger partial charge on any atom is -0.381 e. The van der Waals surface area contributed by atoms with Gasteiger partial charge in [-0.2, -0.15) is 0 Å².